The molecule has 0 spiro atoms. The zero-order valence-electron chi connectivity index (χ0n) is 16.0. The van der Waals surface area contributed by atoms with Crippen LogP contribution in [0.3, 0.4) is 0 Å². The molecule has 0 bridgehead atoms. The van der Waals surface area contributed by atoms with Gasteiger partial charge >= 0.3 is 0 Å². The maximum absolute atomic E-state index is 13.0. The minimum absolute atomic E-state index is 0.180. The van der Waals surface area contributed by atoms with Crippen LogP contribution in [-0.2, 0) is 10.0 Å². The zero-order valence-corrected chi connectivity index (χ0v) is 17.6. The van der Waals surface area contributed by atoms with Crippen molar-refractivity contribution in [3.8, 4) is 17.2 Å². The lowest BCUT2D eigenvalue weighted by Gasteiger charge is -2.36. The number of nitrogens with zero attached hydrogens (tertiary/aromatic N) is 2. The van der Waals surface area contributed by atoms with Gasteiger partial charge in [-0.15, -0.1) is 0 Å². The van der Waals surface area contributed by atoms with Gasteiger partial charge in [0, 0.05) is 37.3 Å². The average Bonchev–Trinajstić information content (AvgIpc) is 2.73. The molecule has 0 saturated carbocycles. The van der Waals surface area contributed by atoms with Crippen LogP contribution < -0.4 is 19.1 Å². The lowest BCUT2D eigenvalue weighted by molar-refractivity contribution is 0.353. The number of anilines is 1. The van der Waals surface area contributed by atoms with E-state index in [1.807, 2.05) is 12.1 Å². The Balaban J connectivity index is 1.78. The molecule has 28 heavy (non-hydrogen) atoms. The number of hydrogen-bond acceptors (Lipinski definition) is 6. The van der Waals surface area contributed by atoms with E-state index >= 15 is 0 Å². The summed E-state index contributed by atoms with van der Waals surface area (Å²) >= 11 is 6.12. The summed E-state index contributed by atoms with van der Waals surface area (Å²) in [6.07, 6.45) is 0. The Morgan fingerprint density at radius 2 is 1.43 bits per heavy atom. The Kier molecular flexibility index (Phi) is 6.22. The van der Waals surface area contributed by atoms with Gasteiger partial charge in [0.15, 0.2) is 11.5 Å². The topological polar surface area (TPSA) is 68.3 Å². The van der Waals surface area contributed by atoms with Gasteiger partial charge in [-0.3, -0.25) is 0 Å². The van der Waals surface area contributed by atoms with Gasteiger partial charge < -0.3 is 19.1 Å². The first-order valence-electron chi connectivity index (χ1n) is 8.71. The van der Waals surface area contributed by atoms with Crippen molar-refractivity contribution >= 4 is 27.3 Å². The number of ether oxygens (including phenoxy) is 3. The summed E-state index contributed by atoms with van der Waals surface area (Å²) in [5.41, 5.74) is 0.859. The smallest absolute Gasteiger partial charge is 0.243 e. The van der Waals surface area contributed by atoms with Crippen LogP contribution in [0.2, 0.25) is 5.02 Å². The average molecular weight is 427 g/mol. The highest BCUT2D eigenvalue weighted by molar-refractivity contribution is 7.89. The number of sulfonamides is 1. The van der Waals surface area contributed by atoms with Crippen molar-refractivity contribution < 1.29 is 22.6 Å². The molecule has 1 heterocycles. The fourth-order valence-electron chi connectivity index (χ4n) is 3.21. The van der Waals surface area contributed by atoms with E-state index in [0.29, 0.717) is 48.5 Å². The van der Waals surface area contributed by atoms with Crippen molar-refractivity contribution in [3.63, 3.8) is 0 Å². The van der Waals surface area contributed by atoms with Gasteiger partial charge in [0.1, 0.15) is 5.75 Å². The Bertz CT molecular complexity index is 943. The molecule has 152 valence electrons. The molecule has 1 aliphatic rings. The molecule has 9 heteroatoms. The van der Waals surface area contributed by atoms with Gasteiger partial charge in [-0.2, -0.15) is 4.31 Å². The molecule has 0 radical (unpaired) electrons. The van der Waals surface area contributed by atoms with Crippen molar-refractivity contribution in [1.29, 1.82) is 0 Å². The van der Waals surface area contributed by atoms with Crippen molar-refractivity contribution in [2.45, 2.75) is 4.90 Å². The first kappa shape index (κ1) is 20.6. The van der Waals surface area contributed by atoms with Gasteiger partial charge in [0.05, 0.1) is 31.9 Å². The highest BCUT2D eigenvalue weighted by Crippen LogP contribution is 2.34. The number of methoxy groups -OCH3 is 3. The van der Waals surface area contributed by atoms with Crippen LogP contribution in [0.4, 0.5) is 5.69 Å². The van der Waals surface area contributed by atoms with Gasteiger partial charge in [0.25, 0.3) is 0 Å². The normalized spacial score (nSPS) is 15.4. The molecule has 2 aromatic carbocycles. The van der Waals surface area contributed by atoms with E-state index < -0.39 is 10.0 Å². The van der Waals surface area contributed by atoms with Crippen molar-refractivity contribution in [1.82, 2.24) is 4.31 Å². The quantitative estimate of drug-likeness (QED) is 0.707. The molecular formula is C19H23ClN2O5S. The molecule has 3 rings (SSSR count). The third-order valence-corrected chi connectivity index (χ3v) is 6.84. The van der Waals surface area contributed by atoms with E-state index in [-0.39, 0.29) is 4.90 Å². The summed E-state index contributed by atoms with van der Waals surface area (Å²) in [5.74, 6) is 1.57. The van der Waals surface area contributed by atoms with Crippen LogP contribution >= 0.6 is 11.6 Å². The fraction of sp³-hybridized carbons (Fsp3) is 0.368. The molecule has 0 aromatic heterocycles. The Labute approximate surface area is 170 Å². The standard InChI is InChI=1S/C19H23ClN2O5S/c1-25-17-6-4-14(20)12-16(17)21-8-10-22(11-9-21)28(23,24)15-5-7-18(26-2)19(13-15)27-3/h4-7,12-13H,8-11H2,1-3H3. The van der Waals surface area contributed by atoms with Crippen LogP contribution in [0.15, 0.2) is 41.3 Å². The van der Waals surface area contributed by atoms with Crippen LogP contribution in [-0.4, -0.2) is 60.2 Å². The van der Waals surface area contributed by atoms with Crippen LogP contribution in [0, 0.1) is 0 Å². The summed E-state index contributed by atoms with van der Waals surface area (Å²) in [4.78, 5) is 2.25. The summed E-state index contributed by atoms with van der Waals surface area (Å²) < 4.78 is 43.4. The Morgan fingerprint density at radius 3 is 2.04 bits per heavy atom. The number of hydrogen-bond donors (Lipinski definition) is 0. The predicted octanol–water partition coefficient (Wildman–Crippen LogP) is 2.88. The maximum atomic E-state index is 13.0. The van der Waals surface area contributed by atoms with Crippen molar-refractivity contribution in [2.75, 3.05) is 52.4 Å². The van der Waals surface area contributed by atoms with E-state index in [1.54, 1.807) is 19.2 Å². The highest BCUT2D eigenvalue weighted by atomic mass is 35.5. The molecule has 2 aromatic rings. The monoisotopic (exact) mass is 426 g/mol. The summed E-state index contributed by atoms with van der Waals surface area (Å²) in [7, 11) is 0.953. The maximum Gasteiger partial charge on any atom is 0.243 e. The lowest BCUT2D eigenvalue weighted by atomic mass is 10.2. The van der Waals surface area contributed by atoms with E-state index in [2.05, 4.69) is 4.90 Å². The third-order valence-electron chi connectivity index (χ3n) is 4.71. The number of halogens is 1. The largest absolute Gasteiger partial charge is 0.495 e. The number of piperazine rings is 1. The molecule has 0 aliphatic carbocycles. The predicted molar refractivity (Wildman–Crippen MR) is 109 cm³/mol. The zero-order chi connectivity index (χ0) is 20.3. The Hall–Kier alpha value is -2.16. The van der Waals surface area contributed by atoms with Crippen LogP contribution in [0.25, 0.3) is 0 Å². The fourth-order valence-corrected chi connectivity index (χ4v) is 4.81. The molecule has 7 nitrogen and oxygen atoms in total. The van der Waals surface area contributed by atoms with E-state index in [1.165, 1.54) is 30.7 Å². The van der Waals surface area contributed by atoms with Crippen LogP contribution in [0.1, 0.15) is 0 Å². The second-order valence-corrected chi connectivity index (χ2v) is 8.60. The number of rotatable bonds is 6. The summed E-state index contributed by atoms with van der Waals surface area (Å²) in [6.45, 7) is 1.77. The molecule has 0 amide bonds. The third kappa shape index (κ3) is 3.99. The molecule has 1 fully saturated rings. The second-order valence-electron chi connectivity index (χ2n) is 6.22. The minimum Gasteiger partial charge on any atom is -0.495 e. The summed E-state index contributed by atoms with van der Waals surface area (Å²) in [6, 6.07) is 10.0. The molecule has 1 aliphatic heterocycles. The first-order valence-corrected chi connectivity index (χ1v) is 10.5. The summed E-state index contributed by atoms with van der Waals surface area (Å²) in [5, 5.41) is 0.608. The van der Waals surface area contributed by atoms with Crippen molar-refractivity contribution in [2.24, 2.45) is 0 Å². The first-order chi connectivity index (χ1) is 13.4. The highest BCUT2D eigenvalue weighted by Gasteiger charge is 2.30. The van der Waals surface area contributed by atoms with Crippen LogP contribution in [0.5, 0.6) is 17.2 Å². The van der Waals surface area contributed by atoms with E-state index in [4.69, 9.17) is 25.8 Å². The molecular weight excluding hydrogens is 404 g/mol. The van der Waals surface area contributed by atoms with E-state index in [9.17, 15) is 8.42 Å². The van der Waals surface area contributed by atoms with Crippen molar-refractivity contribution in [3.05, 3.63) is 41.4 Å². The Morgan fingerprint density at radius 1 is 0.821 bits per heavy atom. The van der Waals surface area contributed by atoms with Gasteiger partial charge in [-0.25, -0.2) is 8.42 Å². The van der Waals surface area contributed by atoms with Gasteiger partial charge in [-0.05, 0) is 30.3 Å². The van der Waals surface area contributed by atoms with E-state index in [0.717, 1.165) is 5.69 Å². The molecule has 0 atom stereocenters. The minimum atomic E-state index is -3.64. The van der Waals surface area contributed by atoms with Gasteiger partial charge in [0.2, 0.25) is 10.0 Å². The number of benzene rings is 2. The van der Waals surface area contributed by atoms with Gasteiger partial charge in [-0.1, -0.05) is 11.6 Å². The molecule has 1 saturated heterocycles. The second kappa shape index (κ2) is 8.46. The lowest BCUT2D eigenvalue weighted by Crippen LogP contribution is -2.48. The SMILES string of the molecule is COc1ccc(S(=O)(=O)N2CCN(c3cc(Cl)ccc3OC)CC2)cc1OC. The molecule has 0 N–H and O–H groups in total. The molecule has 0 unspecified atom stereocenters.